The highest BCUT2D eigenvalue weighted by molar-refractivity contribution is 9.10. The first-order valence-electron chi connectivity index (χ1n) is 6.17. The van der Waals surface area contributed by atoms with Crippen LogP contribution in [-0.2, 0) is 6.18 Å². The molecule has 0 saturated heterocycles. The standard InChI is InChI=1S/C14H9BrF3N3O2/c15-13-7-12(21(22)23)6-1-9(13)8-19-20-11-4-2-10(3-5-11)14(16,17)18/h1-8,20H. The van der Waals surface area contributed by atoms with E-state index in [1.807, 2.05) is 0 Å². The monoisotopic (exact) mass is 387 g/mol. The van der Waals surface area contributed by atoms with E-state index >= 15 is 0 Å². The number of nitro groups is 1. The van der Waals surface area contributed by atoms with Crippen LogP contribution in [0.1, 0.15) is 11.1 Å². The molecule has 0 aromatic heterocycles. The zero-order valence-corrected chi connectivity index (χ0v) is 12.9. The van der Waals surface area contributed by atoms with Crippen molar-refractivity contribution >= 4 is 33.5 Å². The molecule has 2 aromatic carbocycles. The summed E-state index contributed by atoms with van der Waals surface area (Å²) in [6, 6.07) is 8.55. The summed E-state index contributed by atoms with van der Waals surface area (Å²) in [5.74, 6) is 0. The molecule has 0 atom stereocenters. The molecular weight excluding hydrogens is 379 g/mol. The molecule has 0 spiro atoms. The molecule has 0 aliphatic heterocycles. The van der Waals surface area contributed by atoms with Crippen molar-refractivity contribution in [2.75, 3.05) is 5.43 Å². The molecular formula is C14H9BrF3N3O2. The third-order valence-corrected chi connectivity index (χ3v) is 3.49. The molecule has 0 amide bonds. The van der Waals surface area contributed by atoms with Gasteiger partial charge in [-0.3, -0.25) is 15.5 Å². The molecule has 2 aromatic rings. The van der Waals surface area contributed by atoms with Gasteiger partial charge in [-0.25, -0.2) is 0 Å². The average molecular weight is 388 g/mol. The fourth-order valence-electron chi connectivity index (χ4n) is 1.64. The summed E-state index contributed by atoms with van der Waals surface area (Å²) in [5, 5.41) is 14.5. The fraction of sp³-hybridized carbons (Fsp3) is 0.0714. The van der Waals surface area contributed by atoms with Crippen LogP contribution < -0.4 is 5.43 Å². The highest BCUT2D eigenvalue weighted by Crippen LogP contribution is 2.29. The van der Waals surface area contributed by atoms with Gasteiger partial charge in [0.1, 0.15) is 0 Å². The van der Waals surface area contributed by atoms with E-state index in [2.05, 4.69) is 26.5 Å². The molecule has 120 valence electrons. The second-order valence-corrected chi connectivity index (χ2v) is 5.26. The van der Waals surface area contributed by atoms with Crippen molar-refractivity contribution < 1.29 is 18.1 Å². The van der Waals surface area contributed by atoms with Crippen LogP contribution in [0.5, 0.6) is 0 Å². The smallest absolute Gasteiger partial charge is 0.279 e. The first kappa shape index (κ1) is 16.9. The van der Waals surface area contributed by atoms with E-state index in [1.54, 1.807) is 0 Å². The number of nitrogens with one attached hydrogen (secondary N) is 1. The molecule has 2 rings (SSSR count). The van der Waals surface area contributed by atoms with E-state index in [0.29, 0.717) is 15.7 Å². The molecule has 9 heteroatoms. The molecule has 0 saturated carbocycles. The summed E-state index contributed by atoms with van der Waals surface area (Å²) in [4.78, 5) is 10.1. The molecule has 0 unspecified atom stereocenters. The van der Waals surface area contributed by atoms with Gasteiger partial charge in [0, 0.05) is 22.2 Å². The zero-order valence-electron chi connectivity index (χ0n) is 11.3. The minimum absolute atomic E-state index is 0.0651. The SMILES string of the molecule is O=[N+]([O-])c1ccc(C=NNc2ccc(C(F)(F)F)cc2)c(Br)c1. The Kier molecular flexibility index (Phi) is 4.99. The molecule has 1 N–H and O–H groups in total. The van der Waals surface area contributed by atoms with Crippen LogP contribution in [0.2, 0.25) is 0 Å². The van der Waals surface area contributed by atoms with E-state index in [4.69, 9.17) is 0 Å². The lowest BCUT2D eigenvalue weighted by molar-refractivity contribution is -0.384. The highest BCUT2D eigenvalue weighted by atomic mass is 79.9. The lowest BCUT2D eigenvalue weighted by Gasteiger charge is -2.07. The molecule has 0 bridgehead atoms. The number of rotatable bonds is 4. The Labute approximate surface area is 137 Å². The number of benzene rings is 2. The Morgan fingerprint density at radius 1 is 1.17 bits per heavy atom. The fourth-order valence-corrected chi connectivity index (χ4v) is 2.11. The van der Waals surface area contributed by atoms with Gasteiger partial charge in [0.2, 0.25) is 0 Å². The Balaban J connectivity index is 2.06. The van der Waals surface area contributed by atoms with Gasteiger partial charge >= 0.3 is 6.18 Å². The van der Waals surface area contributed by atoms with E-state index in [-0.39, 0.29) is 5.69 Å². The van der Waals surface area contributed by atoms with E-state index in [0.717, 1.165) is 12.1 Å². The van der Waals surface area contributed by atoms with Crippen molar-refractivity contribution in [2.24, 2.45) is 5.10 Å². The Hall–Kier alpha value is -2.42. The van der Waals surface area contributed by atoms with Crippen LogP contribution in [-0.4, -0.2) is 11.1 Å². The van der Waals surface area contributed by atoms with E-state index in [1.165, 1.54) is 36.5 Å². The third-order valence-electron chi connectivity index (χ3n) is 2.80. The molecule has 0 radical (unpaired) electrons. The molecule has 0 aliphatic rings. The Morgan fingerprint density at radius 3 is 2.35 bits per heavy atom. The topological polar surface area (TPSA) is 67.5 Å². The molecule has 5 nitrogen and oxygen atoms in total. The van der Waals surface area contributed by atoms with Gasteiger partial charge in [0.15, 0.2) is 0 Å². The number of alkyl halides is 3. The van der Waals surface area contributed by atoms with Gasteiger partial charge in [-0.2, -0.15) is 18.3 Å². The highest BCUT2D eigenvalue weighted by Gasteiger charge is 2.29. The van der Waals surface area contributed by atoms with Crippen LogP contribution in [0.15, 0.2) is 52.0 Å². The van der Waals surface area contributed by atoms with Crippen LogP contribution in [0.4, 0.5) is 24.5 Å². The minimum atomic E-state index is -4.38. The van der Waals surface area contributed by atoms with Gasteiger partial charge in [0.25, 0.3) is 5.69 Å². The summed E-state index contributed by atoms with van der Waals surface area (Å²) >= 11 is 3.18. The summed E-state index contributed by atoms with van der Waals surface area (Å²) in [5.41, 5.74) is 2.73. The summed E-state index contributed by atoms with van der Waals surface area (Å²) in [6.45, 7) is 0. The Bertz CT molecular complexity index is 746. The van der Waals surface area contributed by atoms with Gasteiger partial charge < -0.3 is 0 Å². The number of anilines is 1. The molecule has 23 heavy (non-hydrogen) atoms. The maximum Gasteiger partial charge on any atom is 0.416 e. The average Bonchev–Trinajstić information content (AvgIpc) is 2.48. The van der Waals surface area contributed by atoms with E-state index in [9.17, 15) is 23.3 Å². The minimum Gasteiger partial charge on any atom is -0.279 e. The number of hydrazone groups is 1. The van der Waals surface area contributed by atoms with Crippen molar-refractivity contribution in [2.45, 2.75) is 6.18 Å². The number of hydrogen-bond donors (Lipinski definition) is 1. The predicted molar refractivity (Wildman–Crippen MR) is 83.5 cm³/mol. The summed E-state index contributed by atoms with van der Waals surface area (Å²) in [6.07, 6.45) is -2.99. The van der Waals surface area contributed by atoms with Crippen molar-refractivity contribution in [1.29, 1.82) is 0 Å². The quantitative estimate of drug-likeness (QED) is 0.464. The van der Waals surface area contributed by atoms with Crippen molar-refractivity contribution in [3.8, 4) is 0 Å². The van der Waals surface area contributed by atoms with Gasteiger partial charge in [-0.1, -0.05) is 0 Å². The molecule has 0 aliphatic carbocycles. The Morgan fingerprint density at radius 2 is 1.83 bits per heavy atom. The largest absolute Gasteiger partial charge is 0.416 e. The predicted octanol–water partition coefficient (Wildman–Crippen LogP) is 4.82. The normalized spacial score (nSPS) is 11.7. The van der Waals surface area contributed by atoms with Crippen LogP contribution in [0, 0.1) is 10.1 Å². The number of nitrogens with zero attached hydrogens (tertiary/aromatic N) is 2. The van der Waals surface area contributed by atoms with Crippen LogP contribution in [0.25, 0.3) is 0 Å². The molecule has 0 fully saturated rings. The maximum atomic E-state index is 12.4. The van der Waals surface area contributed by atoms with Crippen LogP contribution in [0.3, 0.4) is 0 Å². The van der Waals surface area contributed by atoms with Gasteiger partial charge in [0.05, 0.1) is 22.4 Å². The molecule has 0 heterocycles. The van der Waals surface area contributed by atoms with Crippen molar-refractivity contribution in [3.05, 3.63) is 68.2 Å². The van der Waals surface area contributed by atoms with Crippen molar-refractivity contribution in [1.82, 2.24) is 0 Å². The van der Waals surface area contributed by atoms with Gasteiger partial charge in [-0.05, 0) is 46.3 Å². The van der Waals surface area contributed by atoms with Crippen molar-refractivity contribution in [3.63, 3.8) is 0 Å². The number of non-ortho nitro benzene ring substituents is 1. The van der Waals surface area contributed by atoms with E-state index < -0.39 is 16.7 Å². The first-order chi connectivity index (χ1) is 10.8. The van der Waals surface area contributed by atoms with Crippen LogP contribution >= 0.6 is 15.9 Å². The lowest BCUT2D eigenvalue weighted by atomic mass is 10.2. The number of halogens is 4. The second-order valence-electron chi connectivity index (χ2n) is 4.41. The zero-order chi connectivity index (χ0) is 17.0. The lowest BCUT2D eigenvalue weighted by Crippen LogP contribution is -2.04. The third kappa shape index (κ3) is 4.52. The second kappa shape index (κ2) is 6.78. The van der Waals surface area contributed by atoms with Gasteiger partial charge in [-0.15, -0.1) is 0 Å². The number of nitro benzene ring substituents is 1. The first-order valence-corrected chi connectivity index (χ1v) is 6.97. The number of hydrogen-bond acceptors (Lipinski definition) is 4. The summed E-state index contributed by atoms with van der Waals surface area (Å²) < 4.78 is 37.7. The maximum absolute atomic E-state index is 12.4. The summed E-state index contributed by atoms with van der Waals surface area (Å²) in [7, 11) is 0.